The molecule has 1 amide bonds. The van der Waals surface area contributed by atoms with Gasteiger partial charge in [0.2, 0.25) is 11.8 Å². The summed E-state index contributed by atoms with van der Waals surface area (Å²) in [6, 6.07) is 11.0. The SMILES string of the molecule is CCOc1cc([C@@H](CCS(C)=O)n2cc3cccc(NC(=O)C4CC4)c3c2O)ccc1OC. The van der Waals surface area contributed by atoms with Crippen molar-refractivity contribution in [1.29, 1.82) is 0 Å². The Morgan fingerprint density at radius 2 is 2.06 bits per heavy atom. The second-order valence-corrected chi connectivity index (χ2v) is 9.87. The van der Waals surface area contributed by atoms with E-state index in [4.69, 9.17) is 9.47 Å². The minimum atomic E-state index is -0.991. The predicted octanol–water partition coefficient (Wildman–Crippen LogP) is 4.46. The first-order valence-electron chi connectivity index (χ1n) is 11.2. The Balaban J connectivity index is 1.78. The standard InChI is InChI=1S/C25H30N2O5S/c1-4-32-22-14-17(10-11-21(22)31-2)20(12-13-33(3)30)27-15-18-6-5-7-19(23(18)25(27)29)26-24(28)16-8-9-16/h5-7,10-11,14-16,20,29H,4,8-9,12-13H2,1-3H3,(H,26,28)/t20-,33?/m1/s1. The van der Waals surface area contributed by atoms with Crippen molar-refractivity contribution in [3.63, 3.8) is 0 Å². The lowest BCUT2D eigenvalue weighted by molar-refractivity contribution is -0.117. The van der Waals surface area contributed by atoms with E-state index in [0.29, 0.717) is 41.4 Å². The number of nitrogens with one attached hydrogen (secondary N) is 1. The fraction of sp³-hybridized carbons (Fsp3) is 0.400. The van der Waals surface area contributed by atoms with Gasteiger partial charge in [-0.2, -0.15) is 0 Å². The van der Waals surface area contributed by atoms with E-state index in [1.165, 1.54) is 0 Å². The van der Waals surface area contributed by atoms with Crippen LogP contribution in [-0.2, 0) is 15.6 Å². The molecule has 0 spiro atoms. The second-order valence-electron chi connectivity index (χ2n) is 8.32. The van der Waals surface area contributed by atoms with Gasteiger partial charge in [0.25, 0.3) is 0 Å². The molecule has 1 fully saturated rings. The van der Waals surface area contributed by atoms with E-state index >= 15 is 0 Å². The van der Waals surface area contributed by atoms with Crippen LogP contribution in [0.2, 0.25) is 0 Å². The van der Waals surface area contributed by atoms with Crippen LogP contribution in [0.4, 0.5) is 5.69 Å². The zero-order chi connectivity index (χ0) is 23.5. The first-order valence-corrected chi connectivity index (χ1v) is 12.9. The van der Waals surface area contributed by atoms with Crippen LogP contribution >= 0.6 is 0 Å². The predicted molar refractivity (Wildman–Crippen MR) is 131 cm³/mol. The minimum absolute atomic E-state index is 0.0101. The molecule has 0 saturated heterocycles. The van der Waals surface area contributed by atoms with Crippen molar-refractivity contribution in [3.8, 4) is 17.4 Å². The Bertz CT molecular complexity index is 1180. The minimum Gasteiger partial charge on any atom is -0.494 e. The van der Waals surface area contributed by atoms with Crippen LogP contribution in [0, 0.1) is 5.92 Å². The number of nitrogens with zero attached hydrogens (tertiary/aromatic N) is 1. The van der Waals surface area contributed by atoms with Gasteiger partial charge in [0.05, 0.1) is 30.8 Å². The summed E-state index contributed by atoms with van der Waals surface area (Å²) in [5.74, 6) is 1.84. The number of aromatic nitrogens is 1. The summed E-state index contributed by atoms with van der Waals surface area (Å²) in [6.45, 7) is 2.40. The Labute approximate surface area is 196 Å². The molecule has 176 valence electrons. The number of carbonyl (C=O) groups excluding carboxylic acids is 1. The summed E-state index contributed by atoms with van der Waals surface area (Å²) >= 11 is 0. The molecule has 1 aliphatic carbocycles. The van der Waals surface area contributed by atoms with Crippen molar-refractivity contribution in [2.24, 2.45) is 5.92 Å². The van der Waals surface area contributed by atoms with Crippen molar-refractivity contribution in [2.75, 3.05) is 31.0 Å². The number of ether oxygens (including phenoxy) is 2. The second kappa shape index (κ2) is 9.87. The quantitative estimate of drug-likeness (QED) is 0.457. The molecular formula is C25H30N2O5S. The van der Waals surface area contributed by atoms with E-state index in [9.17, 15) is 14.1 Å². The molecule has 8 heteroatoms. The zero-order valence-corrected chi connectivity index (χ0v) is 20.0. The summed E-state index contributed by atoms with van der Waals surface area (Å²) < 4.78 is 24.9. The number of rotatable bonds is 10. The lowest BCUT2D eigenvalue weighted by Crippen LogP contribution is -2.14. The largest absolute Gasteiger partial charge is 0.494 e. The third-order valence-electron chi connectivity index (χ3n) is 5.94. The van der Waals surface area contributed by atoms with Crippen molar-refractivity contribution < 1.29 is 23.6 Å². The van der Waals surface area contributed by atoms with Crippen molar-refractivity contribution >= 4 is 33.2 Å². The van der Waals surface area contributed by atoms with Crippen LogP contribution in [0.25, 0.3) is 10.8 Å². The van der Waals surface area contributed by atoms with Gasteiger partial charge in [-0.05, 0) is 49.9 Å². The van der Waals surface area contributed by atoms with Crippen LogP contribution in [0.1, 0.15) is 37.8 Å². The first kappa shape index (κ1) is 23.2. The van der Waals surface area contributed by atoms with Gasteiger partial charge in [-0.25, -0.2) is 0 Å². The fourth-order valence-electron chi connectivity index (χ4n) is 4.10. The van der Waals surface area contributed by atoms with Gasteiger partial charge >= 0.3 is 0 Å². The molecule has 7 nitrogen and oxygen atoms in total. The van der Waals surface area contributed by atoms with Gasteiger partial charge in [0.1, 0.15) is 0 Å². The van der Waals surface area contributed by atoms with E-state index in [0.717, 1.165) is 23.8 Å². The molecule has 33 heavy (non-hydrogen) atoms. The monoisotopic (exact) mass is 470 g/mol. The first-order chi connectivity index (χ1) is 15.9. The molecule has 1 heterocycles. The maximum absolute atomic E-state index is 12.4. The number of methoxy groups -OCH3 is 1. The summed E-state index contributed by atoms with van der Waals surface area (Å²) in [6.07, 6.45) is 5.92. The van der Waals surface area contributed by atoms with Gasteiger partial charge in [-0.1, -0.05) is 18.2 Å². The molecule has 1 aliphatic rings. The van der Waals surface area contributed by atoms with Gasteiger partial charge < -0.3 is 24.5 Å². The highest BCUT2D eigenvalue weighted by Crippen LogP contribution is 2.41. The Morgan fingerprint density at radius 3 is 2.73 bits per heavy atom. The molecule has 0 radical (unpaired) electrons. The van der Waals surface area contributed by atoms with Crippen LogP contribution in [0.3, 0.4) is 0 Å². The van der Waals surface area contributed by atoms with Crippen LogP contribution < -0.4 is 14.8 Å². The van der Waals surface area contributed by atoms with Gasteiger partial charge in [-0.15, -0.1) is 0 Å². The average molecular weight is 471 g/mol. The molecule has 1 unspecified atom stereocenters. The number of hydrogen-bond donors (Lipinski definition) is 2. The highest BCUT2D eigenvalue weighted by atomic mass is 32.2. The van der Waals surface area contributed by atoms with Gasteiger partial charge in [0.15, 0.2) is 11.5 Å². The number of aromatic hydroxyl groups is 1. The maximum atomic E-state index is 12.4. The van der Waals surface area contributed by atoms with E-state index in [2.05, 4.69) is 5.32 Å². The summed E-state index contributed by atoms with van der Waals surface area (Å²) in [5.41, 5.74) is 1.51. The number of anilines is 1. The number of fused-ring (bicyclic) bond motifs is 1. The number of hydrogen-bond acceptors (Lipinski definition) is 5. The van der Waals surface area contributed by atoms with Gasteiger partial charge in [0, 0.05) is 40.3 Å². The maximum Gasteiger partial charge on any atom is 0.227 e. The molecule has 1 aromatic heterocycles. The topological polar surface area (TPSA) is 89.8 Å². The van der Waals surface area contributed by atoms with Crippen molar-refractivity contribution in [1.82, 2.24) is 4.57 Å². The van der Waals surface area contributed by atoms with E-state index in [1.807, 2.05) is 49.5 Å². The zero-order valence-electron chi connectivity index (χ0n) is 19.2. The average Bonchev–Trinajstić information content (AvgIpc) is 3.59. The summed E-state index contributed by atoms with van der Waals surface area (Å²) in [7, 11) is 0.603. The Morgan fingerprint density at radius 1 is 1.27 bits per heavy atom. The Kier molecular flexibility index (Phi) is 6.93. The van der Waals surface area contributed by atoms with E-state index in [1.54, 1.807) is 17.9 Å². The van der Waals surface area contributed by atoms with Crippen LogP contribution in [0.5, 0.6) is 17.4 Å². The van der Waals surface area contributed by atoms with E-state index < -0.39 is 10.8 Å². The normalized spacial score (nSPS) is 15.2. The van der Waals surface area contributed by atoms with Crippen LogP contribution in [0.15, 0.2) is 42.6 Å². The molecule has 0 aliphatic heterocycles. The van der Waals surface area contributed by atoms with E-state index in [-0.39, 0.29) is 23.7 Å². The highest BCUT2D eigenvalue weighted by Gasteiger charge is 2.30. The number of benzene rings is 2. The highest BCUT2D eigenvalue weighted by molar-refractivity contribution is 7.84. The summed E-state index contributed by atoms with van der Waals surface area (Å²) in [4.78, 5) is 12.4. The molecular weight excluding hydrogens is 440 g/mol. The molecule has 2 aromatic carbocycles. The van der Waals surface area contributed by atoms with Gasteiger partial charge in [-0.3, -0.25) is 9.00 Å². The molecule has 0 bridgehead atoms. The lowest BCUT2D eigenvalue weighted by atomic mass is 10.0. The smallest absolute Gasteiger partial charge is 0.227 e. The molecule has 2 N–H and O–H groups in total. The molecule has 1 saturated carbocycles. The molecule has 2 atom stereocenters. The van der Waals surface area contributed by atoms with Crippen LogP contribution in [-0.4, -0.2) is 45.5 Å². The Hall–Kier alpha value is -3.00. The van der Waals surface area contributed by atoms with Crippen molar-refractivity contribution in [2.45, 2.75) is 32.2 Å². The summed E-state index contributed by atoms with van der Waals surface area (Å²) in [5, 5.41) is 15.7. The fourth-order valence-corrected chi connectivity index (χ4v) is 4.66. The number of amides is 1. The third-order valence-corrected chi connectivity index (χ3v) is 6.75. The third kappa shape index (κ3) is 5.00. The molecule has 4 rings (SSSR count). The lowest BCUT2D eigenvalue weighted by Gasteiger charge is -2.22. The number of carbonyl (C=O) groups is 1. The molecule has 3 aromatic rings. The van der Waals surface area contributed by atoms with Crippen molar-refractivity contribution in [3.05, 3.63) is 48.2 Å².